The molecule has 0 radical (unpaired) electrons. The zero-order valence-corrected chi connectivity index (χ0v) is 8.47. The van der Waals surface area contributed by atoms with Gasteiger partial charge in [-0.1, -0.05) is 6.07 Å². The van der Waals surface area contributed by atoms with Gasteiger partial charge in [-0.3, -0.25) is 4.79 Å². The predicted octanol–water partition coefficient (Wildman–Crippen LogP) is 2.95. The molecule has 0 bridgehead atoms. The Morgan fingerprint density at radius 3 is 2.93 bits per heavy atom. The lowest BCUT2D eigenvalue weighted by Gasteiger charge is -1.92. The molecule has 0 spiro atoms. The molecule has 14 heavy (non-hydrogen) atoms. The molecule has 3 nitrogen and oxygen atoms in total. The minimum Gasteiger partial charge on any atom is -0.439 e. The van der Waals surface area contributed by atoms with E-state index in [9.17, 15) is 4.79 Å². The average molecular weight is 230 g/mol. The van der Waals surface area contributed by atoms with Crippen molar-refractivity contribution < 1.29 is 9.21 Å². The largest absolute Gasteiger partial charge is 0.439 e. The van der Waals surface area contributed by atoms with Crippen LogP contribution in [0, 0.1) is 0 Å². The van der Waals surface area contributed by atoms with Crippen LogP contribution in [0.1, 0.15) is 16.2 Å². The van der Waals surface area contributed by atoms with Gasteiger partial charge in [0.15, 0.2) is 5.58 Å². The van der Waals surface area contributed by atoms with Crippen molar-refractivity contribution in [2.24, 2.45) is 0 Å². The van der Waals surface area contributed by atoms with Crippen molar-refractivity contribution in [1.29, 1.82) is 0 Å². The van der Waals surface area contributed by atoms with Gasteiger partial charge in [-0.05, 0) is 23.7 Å². The summed E-state index contributed by atoms with van der Waals surface area (Å²) < 4.78 is 5.26. The SMILES string of the molecule is O=C(Cl)c1cccc2nc(CCl)oc12. The van der Waals surface area contributed by atoms with Gasteiger partial charge in [-0.2, -0.15) is 0 Å². The number of rotatable bonds is 2. The number of para-hydroxylation sites is 1. The molecule has 0 aliphatic rings. The van der Waals surface area contributed by atoms with Crippen molar-refractivity contribution in [3.05, 3.63) is 29.7 Å². The van der Waals surface area contributed by atoms with Crippen molar-refractivity contribution in [2.75, 3.05) is 0 Å². The molecular weight excluding hydrogens is 225 g/mol. The van der Waals surface area contributed by atoms with Gasteiger partial charge in [-0.15, -0.1) is 11.6 Å². The first-order valence-electron chi connectivity index (χ1n) is 3.86. The number of carbonyl (C=O) groups is 1. The highest BCUT2D eigenvalue weighted by molar-refractivity contribution is 6.68. The van der Waals surface area contributed by atoms with Crippen LogP contribution in [-0.2, 0) is 5.88 Å². The van der Waals surface area contributed by atoms with E-state index in [4.69, 9.17) is 27.6 Å². The Kier molecular flexibility index (Phi) is 2.44. The average Bonchev–Trinajstić information content (AvgIpc) is 2.59. The summed E-state index contributed by atoms with van der Waals surface area (Å²) in [5.41, 5.74) is 1.29. The number of fused-ring (bicyclic) bond motifs is 1. The molecule has 72 valence electrons. The maximum atomic E-state index is 11.0. The van der Waals surface area contributed by atoms with Crippen LogP contribution >= 0.6 is 23.2 Å². The van der Waals surface area contributed by atoms with E-state index in [2.05, 4.69) is 4.98 Å². The van der Waals surface area contributed by atoms with E-state index in [1.54, 1.807) is 18.2 Å². The number of benzene rings is 1. The molecule has 0 aliphatic carbocycles. The number of carbonyl (C=O) groups excluding carboxylic acids is 1. The van der Waals surface area contributed by atoms with Crippen LogP contribution < -0.4 is 0 Å². The predicted molar refractivity (Wildman–Crippen MR) is 53.7 cm³/mol. The lowest BCUT2D eigenvalue weighted by atomic mass is 10.2. The molecule has 1 aromatic heterocycles. The number of aromatic nitrogens is 1. The highest BCUT2D eigenvalue weighted by Gasteiger charge is 2.12. The molecule has 0 amide bonds. The molecule has 0 saturated carbocycles. The molecule has 1 aromatic carbocycles. The maximum absolute atomic E-state index is 11.0. The minimum absolute atomic E-state index is 0.171. The molecule has 0 atom stereocenters. The second kappa shape index (κ2) is 3.59. The lowest BCUT2D eigenvalue weighted by Crippen LogP contribution is -1.87. The maximum Gasteiger partial charge on any atom is 0.256 e. The molecule has 1 heterocycles. The van der Waals surface area contributed by atoms with Gasteiger partial charge < -0.3 is 4.42 Å². The van der Waals surface area contributed by atoms with Gasteiger partial charge in [0.1, 0.15) is 5.52 Å². The van der Waals surface area contributed by atoms with Crippen LogP contribution in [-0.4, -0.2) is 10.2 Å². The second-order valence-electron chi connectivity index (χ2n) is 2.67. The number of oxazole rings is 1. The Balaban J connectivity index is 2.73. The smallest absolute Gasteiger partial charge is 0.256 e. The summed E-state index contributed by atoms with van der Waals surface area (Å²) in [6.07, 6.45) is 0. The van der Waals surface area contributed by atoms with Gasteiger partial charge in [0.05, 0.1) is 11.4 Å². The summed E-state index contributed by atoms with van der Waals surface area (Å²) in [4.78, 5) is 15.1. The number of nitrogens with zero attached hydrogens (tertiary/aromatic N) is 1. The Hall–Kier alpha value is -1.06. The monoisotopic (exact) mass is 229 g/mol. The lowest BCUT2D eigenvalue weighted by molar-refractivity contribution is 0.108. The quantitative estimate of drug-likeness (QED) is 0.588. The van der Waals surface area contributed by atoms with E-state index in [1.165, 1.54) is 0 Å². The minimum atomic E-state index is -0.562. The number of hydrogen-bond acceptors (Lipinski definition) is 3. The van der Waals surface area contributed by atoms with Crippen molar-refractivity contribution in [1.82, 2.24) is 4.98 Å². The summed E-state index contributed by atoms with van der Waals surface area (Å²) in [5, 5.41) is -0.562. The van der Waals surface area contributed by atoms with E-state index in [0.29, 0.717) is 22.6 Å². The number of hydrogen-bond donors (Lipinski definition) is 0. The summed E-state index contributed by atoms with van der Waals surface area (Å²) in [6, 6.07) is 5.01. The van der Waals surface area contributed by atoms with Crippen LogP contribution in [0.2, 0.25) is 0 Å². The number of alkyl halides is 1. The van der Waals surface area contributed by atoms with E-state index in [1.807, 2.05) is 0 Å². The van der Waals surface area contributed by atoms with E-state index in [0.717, 1.165) is 0 Å². The van der Waals surface area contributed by atoms with Crippen molar-refractivity contribution in [3.63, 3.8) is 0 Å². The molecule has 0 saturated heterocycles. The third-order valence-corrected chi connectivity index (χ3v) is 2.22. The molecule has 0 N–H and O–H groups in total. The van der Waals surface area contributed by atoms with Crippen molar-refractivity contribution >= 4 is 39.5 Å². The molecule has 2 aromatic rings. The van der Waals surface area contributed by atoms with Crippen LogP contribution in [0.25, 0.3) is 11.1 Å². The molecular formula is C9H5Cl2NO2. The van der Waals surface area contributed by atoms with Gasteiger partial charge in [0.2, 0.25) is 5.89 Å². The first-order chi connectivity index (χ1) is 6.72. The zero-order valence-electron chi connectivity index (χ0n) is 6.96. The van der Waals surface area contributed by atoms with Crippen LogP contribution in [0.15, 0.2) is 22.6 Å². The topological polar surface area (TPSA) is 43.1 Å². The van der Waals surface area contributed by atoms with Crippen LogP contribution in [0.3, 0.4) is 0 Å². The Morgan fingerprint density at radius 1 is 1.50 bits per heavy atom. The second-order valence-corrected chi connectivity index (χ2v) is 3.28. The molecule has 0 aliphatic heterocycles. The summed E-state index contributed by atoms with van der Waals surface area (Å²) >= 11 is 10.9. The molecule has 0 unspecified atom stereocenters. The first kappa shape index (κ1) is 9.49. The summed E-state index contributed by atoms with van der Waals surface area (Å²) in [5.74, 6) is 0.553. The third-order valence-electron chi connectivity index (χ3n) is 1.79. The Bertz CT molecular complexity index is 493. The van der Waals surface area contributed by atoms with E-state index in [-0.39, 0.29) is 5.88 Å². The fourth-order valence-corrected chi connectivity index (χ4v) is 1.47. The van der Waals surface area contributed by atoms with E-state index >= 15 is 0 Å². The van der Waals surface area contributed by atoms with Crippen LogP contribution in [0.5, 0.6) is 0 Å². The molecule has 2 rings (SSSR count). The first-order valence-corrected chi connectivity index (χ1v) is 4.78. The highest BCUT2D eigenvalue weighted by Crippen LogP contribution is 2.22. The Morgan fingerprint density at radius 2 is 2.29 bits per heavy atom. The third kappa shape index (κ3) is 1.49. The standard InChI is InChI=1S/C9H5Cl2NO2/c10-4-7-12-6-3-1-2-5(9(11)13)8(6)14-7/h1-3H,4H2. The normalized spacial score (nSPS) is 10.7. The zero-order chi connectivity index (χ0) is 10.1. The van der Waals surface area contributed by atoms with E-state index < -0.39 is 5.24 Å². The highest BCUT2D eigenvalue weighted by atomic mass is 35.5. The van der Waals surface area contributed by atoms with Gasteiger partial charge >= 0.3 is 0 Å². The number of halogens is 2. The summed E-state index contributed by atoms with van der Waals surface area (Å²) in [6.45, 7) is 0. The van der Waals surface area contributed by atoms with Gasteiger partial charge in [0, 0.05) is 0 Å². The fraction of sp³-hybridized carbons (Fsp3) is 0.111. The Labute approximate surface area is 89.6 Å². The molecule has 0 fully saturated rings. The van der Waals surface area contributed by atoms with Gasteiger partial charge in [-0.25, -0.2) is 4.98 Å². The fourth-order valence-electron chi connectivity index (χ4n) is 1.21. The van der Waals surface area contributed by atoms with Crippen LogP contribution in [0.4, 0.5) is 0 Å². The van der Waals surface area contributed by atoms with Crippen molar-refractivity contribution in [2.45, 2.75) is 5.88 Å². The van der Waals surface area contributed by atoms with Gasteiger partial charge in [0.25, 0.3) is 5.24 Å². The molecule has 5 heteroatoms. The van der Waals surface area contributed by atoms with Crippen molar-refractivity contribution in [3.8, 4) is 0 Å². The summed E-state index contributed by atoms with van der Waals surface area (Å²) in [7, 11) is 0.